The second-order valence-electron chi connectivity index (χ2n) is 15.6. The summed E-state index contributed by atoms with van der Waals surface area (Å²) in [6, 6.07) is 19.9. The lowest BCUT2D eigenvalue weighted by Crippen LogP contribution is -3.00. The van der Waals surface area contributed by atoms with Gasteiger partial charge in [-0.1, -0.05) is 62.1 Å². The molecule has 0 aromatic heterocycles. The van der Waals surface area contributed by atoms with Crippen LogP contribution < -0.4 is 34.2 Å². The first kappa shape index (κ1) is 47.1. The largest absolute Gasteiger partial charge is 1.00 e. The number of nitrogens with one attached hydrogen (secondary N) is 1. The zero-order chi connectivity index (χ0) is 40.2. The Morgan fingerprint density at radius 1 is 0.964 bits per heavy atom. The maximum Gasteiger partial charge on any atom is 0.259 e. The van der Waals surface area contributed by atoms with Crippen LogP contribution in [0.3, 0.4) is 0 Å². The fourth-order valence-electron chi connectivity index (χ4n) is 7.62. The lowest BCUT2D eigenvalue weighted by Gasteiger charge is -2.35. The van der Waals surface area contributed by atoms with E-state index in [9.17, 15) is 4.79 Å². The summed E-state index contributed by atoms with van der Waals surface area (Å²) in [4.78, 5) is 15.2. The monoisotopic (exact) mass is 891 g/mol. The van der Waals surface area contributed by atoms with E-state index in [0.29, 0.717) is 45.4 Å². The van der Waals surface area contributed by atoms with Crippen molar-refractivity contribution in [3.05, 3.63) is 95.2 Å². The Morgan fingerprint density at radius 2 is 1.62 bits per heavy atom. The van der Waals surface area contributed by atoms with Crippen molar-refractivity contribution < 1.29 is 42.4 Å². The van der Waals surface area contributed by atoms with Crippen LogP contribution in [0.15, 0.2) is 84.1 Å². The van der Waals surface area contributed by atoms with Gasteiger partial charge in [-0.05, 0) is 91.7 Å². The standard InChI is InChI=1S/C46H62N5O3P.HI/c1-11-49-40-24-16-14-22-38(40)45(7,8)42(49)29-27-37(28-30-43-46(9,10)39-23-15-17-25-41(39)50(43)12-2)21-13-18-26-44(52)48-32-20-34-54-55(53-33-19-31-47)51(35(3)4)36(5)6;/h14-17,22-25,27-30,35-36H,11-12,18-20,26,32-34H2,1-10H3;1H. The minimum Gasteiger partial charge on any atom is -1.00 e. The predicted molar refractivity (Wildman–Crippen MR) is 229 cm³/mol. The van der Waals surface area contributed by atoms with Gasteiger partial charge in [0.2, 0.25) is 11.6 Å². The van der Waals surface area contributed by atoms with Crippen molar-refractivity contribution in [1.29, 1.82) is 5.26 Å². The van der Waals surface area contributed by atoms with Gasteiger partial charge in [-0.25, -0.2) is 4.67 Å². The van der Waals surface area contributed by atoms with E-state index in [-0.39, 0.29) is 52.8 Å². The molecule has 2 aliphatic rings. The third kappa shape index (κ3) is 11.4. The molecule has 0 saturated heterocycles. The Bertz CT molecular complexity index is 1870. The van der Waals surface area contributed by atoms with Crippen LogP contribution in [0.5, 0.6) is 0 Å². The zero-order valence-electron chi connectivity index (χ0n) is 35.3. The van der Waals surface area contributed by atoms with Crippen molar-refractivity contribution in [1.82, 2.24) is 9.99 Å². The number of hydrogen-bond acceptors (Lipinski definition) is 6. The molecule has 2 heterocycles. The first-order chi connectivity index (χ1) is 26.3. The van der Waals surface area contributed by atoms with E-state index >= 15 is 0 Å². The molecule has 10 heteroatoms. The molecular weight excluding hydrogens is 828 g/mol. The molecule has 2 aliphatic heterocycles. The Balaban J connectivity index is 0.00000841. The number of nitrogens with zero attached hydrogens (tertiary/aromatic N) is 4. The second-order valence-corrected chi connectivity index (χ2v) is 17.0. The van der Waals surface area contributed by atoms with E-state index in [1.807, 2.05) is 0 Å². The maximum absolute atomic E-state index is 12.8. The van der Waals surface area contributed by atoms with E-state index < -0.39 is 8.53 Å². The molecule has 2 aromatic rings. The molecule has 0 spiro atoms. The van der Waals surface area contributed by atoms with Crippen LogP contribution in [-0.4, -0.2) is 65.8 Å². The third-order valence-electron chi connectivity index (χ3n) is 10.3. The van der Waals surface area contributed by atoms with Crippen LogP contribution in [0.1, 0.15) is 106 Å². The zero-order valence-corrected chi connectivity index (χ0v) is 38.3. The number of carbonyl (C=O) groups excluding carboxylic acids is 1. The first-order valence-corrected chi connectivity index (χ1v) is 21.1. The molecular formula is C46H63IN5O3P. The summed E-state index contributed by atoms with van der Waals surface area (Å²) >= 11 is 0. The number of rotatable bonds is 18. The summed E-state index contributed by atoms with van der Waals surface area (Å²) < 4.78 is 16.7. The number of amides is 1. The Kier molecular flexibility index (Phi) is 18.5. The molecule has 8 nitrogen and oxygen atoms in total. The van der Waals surface area contributed by atoms with Gasteiger partial charge < -0.3 is 43.2 Å². The van der Waals surface area contributed by atoms with E-state index in [2.05, 4.69) is 179 Å². The highest BCUT2D eigenvalue weighted by molar-refractivity contribution is 7.44. The Morgan fingerprint density at radius 3 is 2.29 bits per heavy atom. The molecule has 1 atom stereocenters. The quantitative estimate of drug-likeness (QED) is 0.0441. The van der Waals surface area contributed by atoms with Crippen LogP contribution in [0.2, 0.25) is 0 Å². The Labute approximate surface area is 356 Å². The Hall–Kier alpha value is -3.31. The maximum atomic E-state index is 12.8. The van der Waals surface area contributed by atoms with E-state index in [1.165, 1.54) is 33.9 Å². The summed E-state index contributed by atoms with van der Waals surface area (Å²) in [6.45, 7) is 25.1. The lowest BCUT2D eigenvalue weighted by molar-refractivity contribution is -0.433. The van der Waals surface area contributed by atoms with Gasteiger partial charge in [-0.15, -0.1) is 0 Å². The number of halogens is 1. The van der Waals surface area contributed by atoms with Crippen molar-refractivity contribution in [3.63, 3.8) is 0 Å². The summed E-state index contributed by atoms with van der Waals surface area (Å²) in [7, 11) is -1.29. The minimum absolute atomic E-state index is 0. The fourth-order valence-corrected chi connectivity index (χ4v) is 9.25. The highest BCUT2D eigenvalue weighted by atomic mass is 127. The van der Waals surface area contributed by atoms with E-state index in [4.69, 9.17) is 14.3 Å². The van der Waals surface area contributed by atoms with Crippen molar-refractivity contribution in [3.8, 4) is 17.9 Å². The molecule has 0 radical (unpaired) electrons. The highest BCUT2D eigenvalue weighted by Crippen LogP contribution is 2.48. The van der Waals surface area contributed by atoms with Gasteiger partial charge in [0.15, 0.2) is 5.71 Å². The summed E-state index contributed by atoms with van der Waals surface area (Å²) in [5.74, 6) is 6.69. The number of benzene rings is 2. The number of carbonyl (C=O) groups is 1. The average Bonchev–Trinajstić information content (AvgIpc) is 3.51. The smallest absolute Gasteiger partial charge is 0.259 e. The van der Waals surface area contributed by atoms with Crippen LogP contribution in [0.25, 0.3) is 0 Å². The van der Waals surface area contributed by atoms with Crippen molar-refractivity contribution in [2.24, 2.45) is 0 Å². The number of likely N-dealkylation sites (N-methyl/N-ethyl adjacent to an activating group) is 1. The second kappa shape index (κ2) is 22.0. The van der Waals surface area contributed by atoms with Crippen LogP contribution in [0, 0.1) is 23.2 Å². The van der Waals surface area contributed by atoms with Crippen LogP contribution >= 0.6 is 8.53 Å². The fraction of sp³-hybridized carbons (Fsp3) is 0.500. The number of hydrogen-bond donors (Lipinski definition) is 1. The number of allylic oxidation sites excluding steroid dienone is 6. The van der Waals surface area contributed by atoms with E-state index in [1.54, 1.807) is 0 Å². The summed E-state index contributed by atoms with van der Waals surface area (Å²) in [6.07, 6.45) is 10.5. The third-order valence-corrected chi connectivity index (χ3v) is 12.4. The molecule has 1 unspecified atom stereocenters. The van der Waals surface area contributed by atoms with Crippen molar-refractivity contribution in [2.45, 2.75) is 118 Å². The number of nitriles is 1. The molecule has 1 amide bonds. The number of para-hydroxylation sites is 2. The molecule has 4 rings (SSSR count). The van der Waals surface area contributed by atoms with Crippen molar-refractivity contribution >= 4 is 31.5 Å². The molecule has 56 heavy (non-hydrogen) atoms. The molecule has 0 bridgehead atoms. The van der Waals surface area contributed by atoms with Gasteiger partial charge in [-0.3, -0.25) is 4.79 Å². The predicted octanol–water partition coefficient (Wildman–Crippen LogP) is 6.85. The van der Waals surface area contributed by atoms with Crippen LogP contribution in [-0.2, 0) is 24.7 Å². The minimum atomic E-state index is -1.29. The lowest BCUT2D eigenvalue weighted by atomic mass is 9.81. The van der Waals surface area contributed by atoms with E-state index in [0.717, 1.165) is 18.7 Å². The topological polar surface area (TPSA) is 80.8 Å². The van der Waals surface area contributed by atoms with Crippen LogP contribution in [0.4, 0.5) is 11.4 Å². The molecule has 0 aliphatic carbocycles. The summed E-state index contributed by atoms with van der Waals surface area (Å²) in [5, 5.41) is 12.0. The molecule has 1 N–H and O–H groups in total. The van der Waals surface area contributed by atoms with Gasteiger partial charge in [0.25, 0.3) is 8.53 Å². The van der Waals surface area contributed by atoms with Gasteiger partial charge >= 0.3 is 0 Å². The van der Waals surface area contributed by atoms with Crippen molar-refractivity contribution in [2.75, 3.05) is 37.7 Å². The summed E-state index contributed by atoms with van der Waals surface area (Å²) in [5.41, 5.74) is 8.26. The molecule has 302 valence electrons. The highest BCUT2D eigenvalue weighted by Gasteiger charge is 2.43. The van der Waals surface area contributed by atoms with Gasteiger partial charge in [0.05, 0.1) is 31.1 Å². The average molecular weight is 892 g/mol. The first-order valence-electron chi connectivity index (χ1n) is 20.0. The van der Waals surface area contributed by atoms with Gasteiger partial charge in [-0.2, -0.15) is 9.84 Å². The molecule has 0 fully saturated rings. The molecule has 2 aromatic carbocycles. The number of anilines is 1. The normalized spacial score (nSPS) is 16.9. The van der Waals surface area contributed by atoms with Gasteiger partial charge in [0, 0.05) is 78.1 Å². The SMILES string of the molecule is CCN1/C(=C/C=C(C#CCCC(=O)NCCCOP(OCCC#N)N(C(C)C)C(C)C)/C=C/C2=[N+](CC)c3ccccc3C2(C)C)C(C)(C)c2ccccc21.[I-]. The van der Waals surface area contributed by atoms with Gasteiger partial charge in [0.1, 0.15) is 6.54 Å². The number of fused-ring (bicyclic) bond motifs is 2. The molecule has 0 saturated carbocycles.